The van der Waals surface area contributed by atoms with Crippen molar-refractivity contribution in [3.8, 4) is 17.4 Å². The molecule has 1 aromatic heterocycles. The first-order valence-electron chi connectivity index (χ1n) is 7.90. The molecule has 0 aliphatic heterocycles. The standard InChI is InChI=1S/C21H13Cl2NO3/c1-12-8-13(21(25)26)2-5-17(12)20-7-4-16(27-20)9-14(11-24)18-6-3-15(22)10-19(18)23/h2-10H,1H3,(H,25,26)/b14-9-. The number of hydrogen-bond acceptors (Lipinski definition) is 3. The summed E-state index contributed by atoms with van der Waals surface area (Å²) >= 11 is 12.1. The lowest BCUT2D eigenvalue weighted by molar-refractivity contribution is 0.0697. The fourth-order valence-corrected chi connectivity index (χ4v) is 3.18. The van der Waals surface area contributed by atoms with E-state index in [4.69, 9.17) is 32.7 Å². The summed E-state index contributed by atoms with van der Waals surface area (Å²) in [6.07, 6.45) is 1.60. The third kappa shape index (κ3) is 4.06. The van der Waals surface area contributed by atoms with E-state index in [2.05, 4.69) is 6.07 Å². The van der Waals surface area contributed by atoms with Crippen LogP contribution < -0.4 is 0 Å². The Kier molecular flexibility index (Phi) is 5.36. The molecule has 4 nitrogen and oxygen atoms in total. The quantitative estimate of drug-likeness (QED) is 0.522. The van der Waals surface area contributed by atoms with Crippen LogP contribution in [0.4, 0.5) is 0 Å². The van der Waals surface area contributed by atoms with Crippen LogP contribution in [0.5, 0.6) is 0 Å². The predicted octanol–water partition coefficient (Wildman–Crippen LogP) is 6.32. The molecule has 3 rings (SSSR count). The van der Waals surface area contributed by atoms with Crippen LogP contribution in [0.25, 0.3) is 23.0 Å². The number of hydrogen-bond donors (Lipinski definition) is 1. The van der Waals surface area contributed by atoms with E-state index in [0.717, 1.165) is 11.1 Å². The van der Waals surface area contributed by atoms with E-state index in [0.29, 0.717) is 32.7 Å². The Balaban J connectivity index is 1.96. The van der Waals surface area contributed by atoms with Crippen LogP contribution in [-0.2, 0) is 0 Å². The zero-order valence-corrected chi connectivity index (χ0v) is 15.7. The van der Waals surface area contributed by atoms with Crippen LogP contribution in [0.15, 0.2) is 52.9 Å². The van der Waals surface area contributed by atoms with Crippen LogP contribution in [-0.4, -0.2) is 11.1 Å². The Hall–Kier alpha value is -3.00. The van der Waals surface area contributed by atoms with Gasteiger partial charge in [0.2, 0.25) is 0 Å². The number of nitriles is 1. The summed E-state index contributed by atoms with van der Waals surface area (Å²) in [6.45, 7) is 1.81. The van der Waals surface area contributed by atoms with Gasteiger partial charge in [-0.15, -0.1) is 0 Å². The highest BCUT2D eigenvalue weighted by molar-refractivity contribution is 6.36. The molecule has 2 aromatic carbocycles. The van der Waals surface area contributed by atoms with Crippen LogP contribution in [0, 0.1) is 18.3 Å². The van der Waals surface area contributed by atoms with Crippen molar-refractivity contribution in [2.45, 2.75) is 6.92 Å². The van der Waals surface area contributed by atoms with E-state index >= 15 is 0 Å². The third-order valence-electron chi connectivity index (χ3n) is 3.99. The fourth-order valence-electron chi connectivity index (χ4n) is 2.67. The first-order chi connectivity index (χ1) is 12.9. The van der Waals surface area contributed by atoms with E-state index in [-0.39, 0.29) is 5.56 Å². The number of halogens is 2. The van der Waals surface area contributed by atoms with Gasteiger partial charge in [0, 0.05) is 16.1 Å². The van der Waals surface area contributed by atoms with Crippen molar-refractivity contribution in [1.29, 1.82) is 5.26 Å². The largest absolute Gasteiger partial charge is 0.478 e. The molecule has 0 aliphatic rings. The molecule has 6 heteroatoms. The van der Waals surface area contributed by atoms with Gasteiger partial charge in [0.15, 0.2) is 0 Å². The zero-order chi connectivity index (χ0) is 19.6. The number of furan rings is 1. The fraction of sp³-hybridized carbons (Fsp3) is 0.0476. The van der Waals surface area contributed by atoms with Crippen LogP contribution in [0.2, 0.25) is 10.0 Å². The highest BCUT2D eigenvalue weighted by Crippen LogP contribution is 2.31. The highest BCUT2D eigenvalue weighted by atomic mass is 35.5. The van der Waals surface area contributed by atoms with Gasteiger partial charge >= 0.3 is 5.97 Å². The van der Waals surface area contributed by atoms with Gasteiger partial charge in [-0.2, -0.15) is 5.26 Å². The number of benzene rings is 2. The second kappa shape index (κ2) is 7.71. The van der Waals surface area contributed by atoms with E-state index in [1.54, 1.807) is 48.5 Å². The molecule has 0 radical (unpaired) electrons. The van der Waals surface area contributed by atoms with Crippen molar-refractivity contribution < 1.29 is 14.3 Å². The number of allylic oxidation sites excluding steroid dienone is 1. The van der Waals surface area contributed by atoms with Crippen molar-refractivity contribution in [3.63, 3.8) is 0 Å². The summed E-state index contributed by atoms with van der Waals surface area (Å²) in [5, 5.41) is 19.4. The molecule has 0 bridgehead atoms. The molecule has 0 saturated carbocycles. The maximum Gasteiger partial charge on any atom is 0.335 e. The van der Waals surface area contributed by atoms with Gasteiger partial charge in [0.25, 0.3) is 0 Å². The number of rotatable bonds is 4. The summed E-state index contributed by atoms with van der Waals surface area (Å²) < 4.78 is 5.82. The SMILES string of the molecule is Cc1cc(C(=O)O)ccc1-c1ccc(/C=C(/C#N)c2ccc(Cl)cc2Cl)o1. The molecular formula is C21H13Cl2NO3. The maximum atomic E-state index is 11.1. The van der Waals surface area contributed by atoms with Crippen LogP contribution in [0.1, 0.15) is 27.2 Å². The first-order valence-corrected chi connectivity index (χ1v) is 8.66. The predicted molar refractivity (Wildman–Crippen MR) is 106 cm³/mol. The average molecular weight is 398 g/mol. The number of aryl methyl sites for hydroxylation is 1. The van der Waals surface area contributed by atoms with Crippen LogP contribution >= 0.6 is 23.2 Å². The molecule has 0 fully saturated rings. The van der Waals surface area contributed by atoms with Gasteiger partial charge in [0.1, 0.15) is 11.5 Å². The Bertz CT molecular complexity index is 1110. The summed E-state index contributed by atoms with van der Waals surface area (Å²) in [5.74, 6) is 0.0793. The normalized spacial score (nSPS) is 11.3. The minimum atomic E-state index is -0.980. The Labute approximate surface area is 165 Å². The molecular weight excluding hydrogens is 385 g/mol. The number of carbonyl (C=O) groups is 1. The molecule has 3 aromatic rings. The molecule has 0 spiro atoms. The monoisotopic (exact) mass is 397 g/mol. The molecule has 1 heterocycles. The summed E-state index contributed by atoms with van der Waals surface area (Å²) in [6, 6.07) is 15.4. The van der Waals surface area contributed by atoms with Crippen molar-refractivity contribution in [1.82, 2.24) is 0 Å². The molecule has 0 unspecified atom stereocenters. The highest BCUT2D eigenvalue weighted by Gasteiger charge is 2.12. The molecule has 0 aliphatic carbocycles. The number of nitrogens with zero attached hydrogens (tertiary/aromatic N) is 1. The lowest BCUT2D eigenvalue weighted by atomic mass is 10.0. The minimum Gasteiger partial charge on any atom is -0.478 e. The molecule has 0 amide bonds. The van der Waals surface area contributed by atoms with Gasteiger partial charge in [-0.1, -0.05) is 35.3 Å². The molecule has 0 saturated heterocycles. The minimum absolute atomic E-state index is 0.215. The molecule has 1 N–H and O–H groups in total. The van der Waals surface area contributed by atoms with Gasteiger partial charge < -0.3 is 9.52 Å². The number of carboxylic acids is 1. The summed E-state index contributed by atoms with van der Waals surface area (Å²) in [7, 11) is 0. The lowest BCUT2D eigenvalue weighted by Crippen LogP contribution is -1.96. The van der Waals surface area contributed by atoms with Crippen molar-refractivity contribution >= 4 is 40.8 Å². The number of aromatic carboxylic acids is 1. The molecule has 0 atom stereocenters. The summed E-state index contributed by atoms with van der Waals surface area (Å²) in [5.41, 5.74) is 2.68. The topological polar surface area (TPSA) is 74.2 Å². The maximum absolute atomic E-state index is 11.1. The zero-order valence-electron chi connectivity index (χ0n) is 14.2. The first kappa shape index (κ1) is 18.8. The second-order valence-electron chi connectivity index (χ2n) is 5.83. The van der Waals surface area contributed by atoms with E-state index in [1.165, 1.54) is 6.07 Å². The number of carboxylic acid groups (broad SMARTS) is 1. The average Bonchev–Trinajstić information content (AvgIpc) is 3.08. The van der Waals surface area contributed by atoms with Crippen molar-refractivity contribution in [3.05, 3.63) is 81.0 Å². The van der Waals surface area contributed by atoms with Crippen molar-refractivity contribution in [2.75, 3.05) is 0 Å². The van der Waals surface area contributed by atoms with Crippen molar-refractivity contribution in [2.24, 2.45) is 0 Å². The Morgan fingerprint density at radius 2 is 1.93 bits per heavy atom. The Morgan fingerprint density at radius 1 is 1.15 bits per heavy atom. The van der Waals surface area contributed by atoms with Gasteiger partial charge in [-0.25, -0.2) is 4.79 Å². The van der Waals surface area contributed by atoms with Crippen LogP contribution in [0.3, 0.4) is 0 Å². The van der Waals surface area contributed by atoms with E-state index < -0.39 is 5.97 Å². The second-order valence-corrected chi connectivity index (χ2v) is 6.67. The van der Waals surface area contributed by atoms with Gasteiger partial charge in [0.05, 0.1) is 22.2 Å². The lowest BCUT2D eigenvalue weighted by Gasteiger charge is -2.04. The van der Waals surface area contributed by atoms with Gasteiger partial charge in [-0.05, 0) is 55.0 Å². The van der Waals surface area contributed by atoms with Gasteiger partial charge in [-0.3, -0.25) is 0 Å². The molecule has 27 heavy (non-hydrogen) atoms. The van der Waals surface area contributed by atoms with E-state index in [9.17, 15) is 10.1 Å². The third-order valence-corrected chi connectivity index (χ3v) is 4.54. The van der Waals surface area contributed by atoms with E-state index in [1.807, 2.05) is 6.92 Å². The Morgan fingerprint density at radius 3 is 2.56 bits per heavy atom. The summed E-state index contributed by atoms with van der Waals surface area (Å²) in [4.78, 5) is 11.1. The molecule has 134 valence electrons. The smallest absolute Gasteiger partial charge is 0.335 e.